The van der Waals surface area contributed by atoms with Gasteiger partial charge in [0.25, 0.3) is 11.8 Å². The SMILES string of the molecule is CC1(C)OC2OC(COCCCN3C(=O)c4ccccc4C3=O)C3OC(C)(C)OC3C2O1. The first-order valence-electron chi connectivity index (χ1n) is 11.0. The van der Waals surface area contributed by atoms with Crippen LogP contribution < -0.4 is 0 Å². The van der Waals surface area contributed by atoms with Crippen LogP contribution in [0, 0.1) is 0 Å². The van der Waals surface area contributed by atoms with Gasteiger partial charge in [0.05, 0.1) is 17.7 Å². The maximum atomic E-state index is 12.5. The van der Waals surface area contributed by atoms with E-state index in [0.717, 1.165) is 0 Å². The molecule has 4 aliphatic heterocycles. The van der Waals surface area contributed by atoms with E-state index in [4.69, 9.17) is 28.4 Å². The Bertz CT molecular complexity index is 880. The molecular formula is C23H29NO8. The van der Waals surface area contributed by atoms with E-state index in [1.54, 1.807) is 24.3 Å². The lowest BCUT2D eigenvalue weighted by Gasteiger charge is -2.37. The Hall–Kier alpha value is -1.88. The summed E-state index contributed by atoms with van der Waals surface area (Å²) < 4.78 is 36.0. The molecule has 0 bridgehead atoms. The smallest absolute Gasteiger partial charge is 0.261 e. The molecule has 0 spiro atoms. The van der Waals surface area contributed by atoms with E-state index in [2.05, 4.69) is 0 Å². The van der Waals surface area contributed by atoms with Gasteiger partial charge in [0.15, 0.2) is 17.9 Å². The predicted octanol–water partition coefficient (Wildman–Crippen LogP) is 2.09. The van der Waals surface area contributed by atoms with Gasteiger partial charge in [0.1, 0.15) is 24.4 Å². The van der Waals surface area contributed by atoms with Crippen LogP contribution in [0.5, 0.6) is 0 Å². The topological polar surface area (TPSA) is 92.8 Å². The van der Waals surface area contributed by atoms with Crippen molar-refractivity contribution in [2.75, 3.05) is 19.8 Å². The molecule has 4 heterocycles. The Morgan fingerprint density at radius 1 is 0.875 bits per heavy atom. The van der Waals surface area contributed by atoms with E-state index < -0.39 is 17.9 Å². The first-order chi connectivity index (χ1) is 15.2. The second kappa shape index (κ2) is 7.86. The van der Waals surface area contributed by atoms with Crippen molar-refractivity contribution in [1.82, 2.24) is 4.90 Å². The molecule has 174 valence electrons. The summed E-state index contributed by atoms with van der Waals surface area (Å²) >= 11 is 0. The molecule has 1 aromatic rings. The highest BCUT2D eigenvalue weighted by molar-refractivity contribution is 6.21. The van der Waals surface area contributed by atoms with Crippen molar-refractivity contribution in [3.8, 4) is 0 Å². The van der Waals surface area contributed by atoms with Crippen LogP contribution in [0.2, 0.25) is 0 Å². The second-order valence-electron chi connectivity index (χ2n) is 9.44. The molecule has 0 radical (unpaired) electrons. The molecule has 0 aliphatic carbocycles. The highest BCUT2D eigenvalue weighted by Crippen LogP contribution is 2.44. The number of rotatable bonds is 6. The quantitative estimate of drug-likeness (QED) is 0.484. The number of amides is 2. The fourth-order valence-electron chi connectivity index (χ4n) is 4.79. The second-order valence-corrected chi connectivity index (χ2v) is 9.44. The number of carbonyl (C=O) groups excluding carboxylic acids is 2. The van der Waals surface area contributed by atoms with Gasteiger partial charge < -0.3 is 28.4 Å². The fraction of sp³-hybridized carbons (Fsp3) is 0.652. The number of ether oxygens (including phenoxy) is 6. The van der Waals surface area contributed by atoms with Crippen LogP contribution in [0.25, 0.3) is 0 Å². The zero-order valence-electron chi connectivity index (χ0n) is 18.7. The molecule has 0 saturated carbocycles. The van der Waals surface area contributed by atoms with Gasteiger partial charge in [0.2, 0.25) is 0 Å². The summed E-state index contributed by atoms with van der Waals surface area (Å²) in [6.45, 7) is 8.35. The average molecular weight is 447 g/mol. The number of nitrogens with zero attached hydrogens (tertiary/aromatic N) is 1. The van der Waals surface area contributed by atoms with Crippen LogP contribution in [-0.4, -0.2) is 78.8 Å². The minimum atomic E-state index is -0.766. The predicted molar refractivity (Wildman–Crippen MR) is 110 cm³/mol. The van der Waals surface area contributed by atoms with Crippen molar-refractivity contribution in [2.45, 2.75) is 76.4 Å². The summed E-state index contributed by atoms with van der Waals surface area (Å²) in [5, 5.41) is 0. The molecule has 9 nitrogen and oxygen atoms in total. The average Bonchev–Trinajstić information content (AvgIpc) is 3.31. The molecule has 3 fully saturated rings. The van der Waals surface area contributed by atoms with Crippen molar-refractivity contribution >= 4 is 11.8 Å². The highest BCUT2D eigenvalue weighted by Gasteiger charge is 2.60. The van der Waals surface area contributed by atoms with Crippen molar-refractivity contribution < 1.29 is 38.0 Å². The lowest BCUT2D eigenvalue weighted by molar-refractivity contribution is -0.243. The van der Waals surface area contributed by atoms with Gasteiger partial charge in [-0.15, -0.1) is 0 Å². The van der Waals surface area contributed by atoms with E-state index in [9.17, 15) is 9.59 Å². The van der Waals surface area contributed by atoms with E-state index in [1.807, 2.05) is 27.7 Å². The van der Waals surface area contributed by atoms with Gasteiger partial charge in [-0.2, -0.15) is 0 Å². The van der Waals surface area contributed by atoms with Gasteiger partial charge in [-0.3, -0.25) is 14.5 Å². The van der Waals surface area contributed by atoms with Gasteiger partial charge in [-0.25, -0.2) is 0 Å². The van der Waals surface area contributed by atoms with Crippen LogP contribution in [-0.2, 0) is 28.4 Å². The summed E-state index contributed by atoms with van der Waals surface area (Å²) in [5.41, 5.74) is 0.912. The van der Waals surface area contributed by atoms with Crippen molar-refractivity contribution in [3.63, 3.8) is 0 Å². The molecule has 5 unspecified atom stereocenters. The monoisotopic (exact) mass is 447 g/mol. The fourth-order valence-corrected chi connectivity index (χ4v) is 4.79. The molecule has 4 aliphatic rings. The van der Waals surface area contributed by atoms with E-state index >= 15 is 0 Å². The number of benzene rings is 1. The largest absolute Gasteiger partial charge is 0.379 e. The molecule has 3 saturated heterocycles. The molecule has 5 atom stereocenters. The number of fused-ring (bicyclic) bond motifs is 4. The summed E-state index contributed by atoms with van der Waals surface area (Å²) in [5.74, 6) is -2.03. The summed E-state index contributed by atoms with van der Waals surface area (Å²) in [7, 11) is 0. The molecule has 32 heavy (non-hydrogen) atoms. The molecule has 2 amide bonds. The van der Waals surface area contributed by atoms with E-state index in [1.165, 1.54) is 4.90 Å². The third-order valence-corrected chi connectivity index (χ3v) is 6.08. The number of carbonyl (C=O) groups is 2. The summed E-state index contributed by atoms with van der Waals surface area (Å²) in [4.78, 5) is 26.2. The van der Waals surface area contributed by atoms with Crippen LogP contribution in [0.3, 0.4) is 0 Å². The van der Waals surface area contributed by atoms with E-state index in [0.29, 0.717) is 30.7 Å². The van der Waals surface area contributed by atoms with Gasteiger partial charge in [0, 0.05) is 13.2 Å². The Morgan fingerprint density at radius 3 is 2.16 bits per heavy atom. The Kier molecular flexibility index (Phi) is 5.39. The maximum Gasteiger partial charge on any atom is 0.261 e. The lowest BCUT2D eigenvalue weighted by atomic mass is 9.99. The molecular weight excluding hydrogens is 418 g/mol. The Morgan fingerprint density at radius 2 is 1.47 bits per heavy atom. The summed E-state index contributed by atoms with van der Waals surface area (Å²) in [6.07, 6.45) is -1.47. The first-order valence-corrected chi connectivity index (χ1v) is 11.0. The zero-order chi connectivity index (χ0) is 22.7. The maximum absolute atomic E-state index is 12.5. The van der Waals surface area contributed by atoms with Crippen molar-refractivity contribution in [3.05, 3.63) is 35.4 Å². The third kappa shape index (κ3) is 3.87. The van der Waals surface area contributed by atoms with Gasteiger partial charge in [-0.1, -0.05) is 12.1 Å². The number of hydrogen-bond acceptors (Lipinski definition) is 8. The lowest BCUT2D eigenvalue weighted by Crippen LogP contribution is -2.56. The van der Waals surface area contributed by atoms with Crippen molar-refractivity contribution in [2.24, 2.45) is 0 Å². The summed E-state index contributed by atoms with van der Waals surface area (Å²) in [6, 6.07) is 6.87. The first kappa shape index (κ1) is 21.9. The molecule has 5 rings (SSSR count). The zero-order valence-corrected chi connectivity index (χ0v) is 18.7. The van der Waals surface area contributed by atoms with Crippen molar-refractivity contribution in [1.29, 1.82) is 0 Å². The molecule has 0 N–H and O–H groups in total. The van der Waals surface area contributed by atoms with Crippen LogP contribution >= 0.6 is 0 Å². The number of hydrogen-bond donors (Lipinski definition) is 0. The molecule has 1 aromatic carbocycles. The van der Waals surface area contributed by atoms with E-state index in [-0.39, 0.29) is 42.8 Å². The van der Waals surface area contributed by atoms with Gasteiger partial charge >= 0.3 is 0 Å². The van der Waals surface area contributed by atoms with Crippen LogP contribution in [0.4, 0.5) is 0 Å². The van der Waals surface area contributed by atoms with Gasteiger partial charge in [-0.05, 0) is 46.2 Å². The van der Waals surface area contributed by atoms with Crippen LogP contribution in [0.15, 0.2) is 24.3 Å². The standard InChI is InChI=1S/C23H29NO8/c1-22(2)29-16-15(28-21-18(17(16)30-22)31-23(3,4)32-21)12-27-11-7-10-24-19(25)13-8-5-6-9-14(13)20(24)26/h5-6,8-9,15-18,21H,7,10-12H2,1-4H3. The number of imide groups is 1. The minimum absolute atomic E-state index is 0.255. The Balaban J connectivity index is 1.14. The molecule has 0 aromatic heterocycles. The van der Waals surface area contributed by atoms with Crippen LogP contribution in [0.1, 0.15) is 54.8 Å². The molecule has 9 heteroatoms. The Labute approximate surface area is 186 Å². The normalized spacial score (nSPS) is 34.5. The third-order valence-electron chi connectivity index (χ3n) is 6.08. The highest BCUT2D eigenvalue weighted by atomic mass is 16.9. The minimum Gasteiger partial charge on any atom is -0.379 e.